The number of benzene rings is 1. The lowest BCUT2D eigenvalue weighted by molar-refractivity contribution is 0.0588. The van der Waals surface area contributed by atoms with Crippen molar-refractivity contribution in [3.63, 3.8) is 0 Å². The van der Waals surface area contributed by atoms with Crippen LogP contribution in [-0.4, -0.2) is 36.2 Å². The number of carbonyl (C=O) groups excluding carboxylic acids is 1. The number of nitrogens with zero attached hydrogens (tertiary/aromatic N) is 4. The summed E-state index contributed by atoms with van der Waals surface area (Å²) in [6, 6.07) is 5.66. The summed E-state index contributed by atoms with van der Waals surface area (Å²) in [6.07, 6.45) is 3.68. The number of nitrogens with two attached hydrogens (primary N) is 1. The predicted molar refractivity (Wildman–Crippen MR) is 86.8 cm³/mol. The van der Waals surface area contributed by atoms with Crippen molar-refractivity contribution in [3.05, 3.63) is 36.3 Å². The fourth-order valence-electron chi connectivity index (χ4n) is 2.59. The number of carbonyl (C=O) groups is 1. The standard InChI is InChI=1S/C16H19N5O2/c1-16(2,23)9-21-13-6-10(11-7-18-20(3)8-11)4-5-12(13)14(19-21)15(17)22/h4-8,23H,9H2,1-3H3,(H2,17,22). The molecule has 0 radical (unpaired) electrons. The molecule has 0 spiro atoms. The molecule has 0 fully saturated rings. The molecule has 1 amide bonds. The van der Waals surface area contributed by atoms with Gasteiger partial charge in [-0.3, -0.25) is 14.2 Å². The van der Waals surface area contributed by atoms with Crippen LogP contribution in [0.25, 0.3) is 22.0 Å². The van der Waals surface area contributed by atoms with E-state index in [0.717, 1.165) is 16.6 Å². The summed E-state index contributed by atoms with van der Waals surface area (Å²) >= 11 is 0. The highest BCUT2D eigenvalue weighted by atomic mass is 16.3. The normalized spacial score (nSPS) is 12.0. The first-order chi connectivity index (χ1) is 10.7. The molecular weight excluding hydrogens is 294 g/mol. The van der Waals surface area contributed by atoms with Gasteiger partial charge in [0, 0.05) is 24.2 Å². The molecule has 0 saturated carbocycles. The molecule has 3 rings (SSSR count). The lowest BCUT2D eigenvalue weighted by atomic mass is 10.1. The van der Waals surface area contributed by atoms with Crippen LogP contribution in [0.15, 0.2) is 30.6 Å². The number of rotatable bonds is 4. The van der Waals surface area contributed by atoms with Crippen molar-refractivity contribution >= 4 is 16.8 Å². The molecule has 0 aliphatic carbocycles. The zero-order valence-electron chi connectivity index (χ0n) is 13.3. The van der Waals surface area contributed by atoms with Crippen LogP contribution in [0, 0.1) is 0 Å². The SMILES string of the molecule is Cn1cc(-c2ccc3c(C(N)=O)nn(CC(C)(C)O)c3c2)cn1. The van der Waals surface area contributed by atoms with E-state index in [1.54, 1.807) is 29.4 Å². The summed E-state index contributed by atoms with van der Waals surface area (Å²) in [5.41, 5.74) is 7.34. The van der Waals surface area contributed by atoms with E-state index in [2.05, 4.69) is 10.2 Å². The minimum Gasteiger partial charge on any atom is -0.389 e. The Bertz CT molecular complexity index is 886. The zero-order valence-corrected chi connectivity index (χ0v) is 13.3. The van der Waals surface area contributed by atoms with Crippen molar-refractivity contribution in [1.29, 1.82) is 0 Å². The van der Waals surface area contributed by atoms with Crippen molar-refractivity contribution in [2.75, 3.05) is 0 Å². The molecule has 3 aromatic rings. The number of primary amides is 1. The second-order valence-electron chi connectivity index (χ2n) is 6.32. The van der Waals surface area contributed by atoms with E-state index in [4.69, 9.17) is 5.73 Å². The van der Waals surface area contributed by atoms with E-state index in [-0.39, 0.29) is 12.2 Å². The van der Waals surface area contributed by atoms with Gasteiger partial charge >= 0.3 is 0 Å². The number of aliphatic hydroxyl groups is 1. The van der Waals surface area contributed by atoms with Gasteiger partial charge in [-0.05, 0) is 31.5 Å². The summed E-state index contributed by atoms with van der Waals surface area (Å²) in [5.74, 6) is -0.585. The van der Waals surface area contributed by atoms with Gasteiger partial charge in [0.2, 0.25) is 0 Å². The summed E-state index contributed by atoms with van der Waals surface area (Å²) in [7, 11) is 1.85. The largest absolute Gasteiger partial charge is 0.389 e. The maximum absolute atomic E-state index is 11.6. The van der Waals surface area contributed by atoms with E-state index in [1.165, 1.54) is 0 Å². The Morgan fingerprint density at radius 1 is 1.35 bits per heavy atom. The summed E-state index contributed by atoms with van der Waals surface area (Å²) in [5, 5.41) is 19.2. The fraction of sp³-hybridized carbons (Fsp3) is 0.312. The Labute approximate surface area is 133 Å². The molecule has 1 aromatic carbocycles. The van der Waals surface area contributed by atoms with E-state index >= 15 is 0 Å². The molecule has 2 heterocycles. The average molecular weight is 313 g/mol. The molecule has 0 bridgehead atoms. The van der Waals surface area contributed by atoms with Crippen molar-refractivity contribution in [2.24, 2.45) is 12.8 Å². The highest BCUT2D eigenvalue weighted by Gasteiger charge is 2.20. The summed E-state index contributed by atoms with van der Waals surface area (Å²) < 4.78 is 3.35. The van der Waals surface area contributed by atoms with Crippen molar-refractivity contribution < 1.29 is 9.90 Å². The predicted octanol–water partition coefficient (Wildman–Crippen LogP) is 1.31. The number of hydrogen-bond donors (Lipinski definition) is 2. The van der Waals surface area contributed by atoms with Gasteiger partial charge in [-0.15, -0.1) is 0 Å². The third-order valence-corrected chi connectivity index (χ3v) is 3.56. The van der Waals surface area contributed by atoms with Crippen LogP contribution in [0.5, 0.6) is 0 Å². The van der Waals surface area contributed by atoms with Gasteiger partial charge < -0.3 is 10.8 Å². The molecule has 120 valence electrons. The third kappa shape index (κ3) is 2.95. The van der Waals surface area contributed by atoms with Crippen LogP contribution in [0.3, 0.4) is 0 Å². The zero-order chi connectivity index (χ0) is 16.8. The highest BCUT2D eigenvalue weighted by Crippen LogP contribution is 2.27. The van der Waals surface area contributed by atoms with Crippen molar-refractivity contribution in [1.82, 2.24) is 19.6 Å². The lowest BCUT2D eigenvalue weighted by Gasteiger charge is -2.17. The van der Waals surface area contributed by atoms with Crippen LogP contribution < -0.4 is 5.73 Å². The first-order valence-electron chi connectivity index (χ1n) is 7.26. The molecule has 23 heavy (non-hydrogen) atoms. The first-order valence-corrected chi connectivity index (χ1v) is 7.26. The van der Waals surface area contributed by atoms with E-state index in [0.29, 0.717) is 5.39 Å². The Balaban J connectivity index is 2.19. The van der Waals surface area contributed by atoms with Crippen molar-refractivity contribution in [2.45, 2.75) is 26.0 Å². The maximum atomic E-state index is 11.6. The maximum Gasteiger partial charge on any atom is 0.269 e. The molecule has 3 N–H and O–H groups in total. The molecule has 0 aliphatic heterocycles. The molecule has 0 saturated heterocycles. The van der Waals surface area contributed by atoms with E-state index < -0.39 is 11.5 Å². The van der Waals surface area contributed by atoms with E-state index in [1.807, 2.05) is 31.4 Å². The number of hydrogen-bond acceptors (Lipinski definition) is 4. The third-order valence-electron chi connectivity index (χ3n) is 3.56. The Kier molecular flexibility index (Phi) is 3.45. The van der Waals surface area contributed by atoms with Gasteiger partial charge in [0.05, 0.1) is 23.9 Å². The number of fused-ring (bicyclic) bond motifs is 1. The molecule has 2 aromatic heterocycles. The van der Waals surface area contributed by atoms with Crippen LogP contribution in [0.2, 0.25) is 0 Å². The summed E-state index contributed by atoms with van der Waals surface area (Å²) in [6.45, 7) is 3.64. The molecule has 7 heteroatoms. The summed E-state index contributed by atoms with van der Waals surface area (Å²) in [4.78, 5) is 11.6. The van der Waals surface area contributed by atoms with Gasteiger partial charge in [0.25, 0.3) is 5.91 Å². The lowest BCUT2D eigenvalue weighted by Crippen LogP contribution is -2.27. The minimum absolute atomic E-state index is 0.210. The minimum atomic E-state index is -0.960. The quantitative estimate of drug-likeness (QED) is 0.758. The van der Waals surface area contributed by atoms with Crippen LogP contribution in [0.4, 0.5) is 0 Å². The van der Waals surface area contributed by atoms with Crippen LogP contribution in [-0.2, 0) is 13.6 Å². The Morgan fingerprint density at radius 3 is 2.65 bits per heavy atom. The van der Waals surface area contributed by atoms with Gasteiger partial charge in [-0.2, -0.15) is 10.2 Å². The topological polar surface area (TPSA) is 99.0 Å². The van der Waals surface area contributed by atoms with Gasteiger partial charge in [0.1, 0.15) is 0 Å². The van der Waals surface area contributed by atoms with Crippen molar-refractivity contribution in [3.8, 4) is 11.1 Å². The van der Waals surface area contributed by atoms with Gasteiger partial charge in [-0.25, -0.2) is 0 Å². The second-order valence-corrected chi connectivity index (χ2v) is 6.32. The van der Waals surface area contributed by atoms with Gasteiger partial charge in [-0.1, -0.05) is 6.07 Å². The average Bonchev–Trinajstić information content (AvgIpc) is 3.01. The smallest absolute Gasteiger partial charge is 0.269 e. The molecule has 0 unspecified atom stereocenters. The fourth-order valence-corrected chi connectivity index (χ4v) is 2.59. The van der Waals surface area contributed by atoms with E-state index in [9.17, 15) is 9.90 Å². The van der Waals surface area contributed by atoms with Gasteiger partial charge in [0.15, 0.2) is 5.69 Å². The van der Waals surface area contributed by atoms with Crippen LogP contribution in [0.1, 0.15) is 24.3 Å². The number of amides is 1. The first kappa shape index (κ1) is 15.2. The molecular formula is C16H19N5O2. The Morgan fingerprint density at radius 2 is 2.09 bits per heavy atom. The molecule has 7 nitrogen and oxygen atoms in total. The number of aromatic nitrogens is 4. The Hall–Kier alpha value is -2.67. The highest BCUT2D eigenvalue weighted by molar-refractivity contribution is 6.04. The number of aryl methyl sites for hydroxylation is 1. The molecule has 0 atom stereocenters. The second kappa shape index (κ2) is 5.20. The monoisotopic (exact) mass is 313 g/mol. The molecule has 0 aliphatic rings. The van der Waals surface area contributed by atoms with Crippen LogP contribution >= 0.6 is 0 Å².